The van der Waals surface area contributed by atoms with Crippen LogP contribution in [0.15, 0.2) is 66.5 Å². The fourth-order valence-corrected chi connectivity index (χ4v) is 10.6. The molecule has 3 fully saturated rings. The number of nitrogens with zero attached hydrogens (tertiary/aromatic N) is 6. The van der Waals surface area contributed by atoms with Crippen LogP contribution < -0.4 is 10.7 Å². The van der Waals surface area contributed by atoms with E-state index in [1.54, 1.807) is 39.5 Å². The van der Waals surface area contributed by atoms with Gasteiger partial charge in [-0.2, -0.15) is 0 Å². The number of likely N-dealkylation sites (N-methyl/N-ethyl adjacent to an activating group) is 1. The number of aromatic nitrogens is 3. The van der Waals surface area contributed by atoms with E-state index in [2.05, 4.69) is 25.9 Å². The van der Waals surface area contributed by atoms with Gasteiger partial charge >= 0.3 is 18.2 Å². The van der Waals surface area contributed by atoms with E-state index >= 15 is 0 Å². The number of anilines is 1. The van der Waals surface area contributed by atoms with Crippen molar-refractivity contribution in [3.8, 4) is 11.3 Å². The van der Waals surface area contributed by atoms with Gasteiger partial charge in [0.15, 0.2) is 11.9 Å². The SMILES string of the molecule is CC[C@@H]1OC(=O)[C@H](C)[C@@H](OC(=O)Nc2ccc(F)cc2)[C@H](C)[C@@H](O[C@@H]2O[C@H](C)C[C@H](N(C)C)[C@H]2O)[C@@](C)(OC)C[C@@H](C)/C(=N\OC)[C@@H](C)C2N(NCCCn3cnc(-c4cccnc4)c3)C(=O)O[C@@]21C. The summed E-state index contributed by atoms with van der Waals surface area (Å²) in [5, 5.41) is 20.5. The van der Waals surface area contributed by atoms with Gasteiger partial charge in [0.1, 0.15) is 37.3 Å². The average molecular weight is 981 g/mol. The zero-order valence-electron chi connectivity index (χ0n) is 42.5. The van der Waals surface area contributed by atoms with Crippen LogP contribution in [0.3, 0.4) is 0 Å². The topological polar surface area (TPSA) is 210 Å². The molecule has 20 heteroatoms. The molecule has 14 atom stereocenters. The first-order valence-electron chi connectivity index (χ1n) is 24.2. The first-order chi connectivity index (χ1) is 33.2. The summed E-state index contributed by atoms with van der Waals surface area (Å²) in [7, 11) is 6.73. The van der Waals surface area contributed by atoms with Gasteiger partial charge in [0, 0.05) is 73.8 Å². The van der Waals surface area contributed by atoms with E-state index in [-0.39, 0.29) is 30.7 Å². The Morgan fingerprint density at radius 1 is 1.07 bits per heavy atom. The number of fused-ring (bicyclic) bond motifs is 1. The van der Waals surface area contributed by atoms with Gasteiger partial charge in [0.25, 0.3) is 0 Å². The number of aryl methyl sites for hydroxylation is 1. The number of esters is 1. The van der Waals surface area contributed by atoms with Crippen LogP contribution in [0.5, 0.6) is 0 Å². The molecule has 3 aliphatic rings. The third-order valence-electron chi connectivity index (χ3n) is 14.3. The molecule has 2 amide bonds. The first kappa shape index (κ1) is 54.1. The maximum atomic E-state index is 14.8. The van der Waals surface area contributed by atoms with Crippen molar-refractivity contribution in [2.45, 2.75) is 148 Å². The van der Waals surface area contributed by atoms with E-state index in [1.807, 2.05) is 76.5 Å². The number of nitrogens with one attached hydrogen (secondary N) is 2. The second-order valence-corrected chi connectivity index (χ2v) is 19.6. The summed E-state index contributed by atoms with van der Waals surface area (Å²) in [5.41, 5.74) is 3.08. The average Bonchev–Trinajstić information content (AvgIpc) is 3.91. The quantitative estimate of drug-likeness (QED) is 0.0668. The van der Waals surface area contributed by atoms with E-state index in [0.29, 0.717) is 31.6 Å². The summed E-state index contributed by atoms with van der Waals surface area (Å²) < 4.78 is 54.6. The molecule has 3 saturated heterocycles. The highest BCUT2D eigenvalue weighted by Crippen LogP contribution is 2.44. The highest BCUT2D eigenvalue weighted by Gasteiger charge is 2.61. The van der Waals surface area contributed by atoms with Gasteiger partial charge in [0.05, 0.1) is 41.5 Å². The fourth-order valence-electron chi connectivity index (χ4n) is 10.6. The van der Waals surface area contributed by atoms with E-state index in [4.69, 9.17) is 33.3 Å². The summed E-state index contributed by atoms with van der Waals surface area (Å²) in [6, 6.07) is 7.81. The molecular weight excluding hydrogens is 908 g/mol. The molecule has 1 unspecified atom stereocenters. The predicted molar refractivity (Wildman–Crippen MR) is 257 cm³/mol. The molecule has 0 spiro atoms. The number of methoxy groups -OCH3 is 1. The van der Waals surface area contributed by atoms with Gasteiger partial charge in [-0.25, -0.2) is 29.4 Å². The Kier molecular flexibility index (Phi) is 18.0. The summed E-state index contributed by atoms with van der Waals surface area (Å²) in [6.45, 7) is 15.5. The van der Waals surface area contributed by atoms with E-state index < -0.39 is 95.6 Å². The lowest BCUT2D eigenvalue weighted by molar-refractivity contribution is -0.301. The number of rotatable bonds is 14. The minimum absolute atomic E-state index is 0.211. The molecule has 19 nitrogen and oxygen atoms in total. The summed E-state index contributed by atoms with van der Waals surface area (Å²) in [6.07, 6.45) is 1.20. The number of oxime groups is 1. The standard InChI is InChI=1S/C50H73FN8O11/c1-13-39-50(8)43(59(48(63)70-50)54-22-15-23-58-27-37(53-28-58)34-16-14-21-52-26-34)31(4)40(56-65-12)29(2)25-49(7,64-11)44(69-46-41(60)38(57(9)10)24-30(3)66-46)32(5)42(33(6)45(61)67-39)68-47(62)55-36-19-17-35(51)18-20-36/h14,16-21,26-33,38-39,41-44,46,54,60H,13,15,22-25H2,1-12H3,(H,55,62)/b56-40+/t29-,30-,31-,32+,33-,38+,39+,41-,42+,43?,44-,46+,49+,50-/m1/s1. The van der Waals surface area contributed by atoms with Crippen LogP contribution in [-0.2, 0) is 44.6 Å². The molecule has 0 aliphatic carbocycles. The Morgan fingerprint density at radius 2 is 1.80 bits per heavy atom. The third kappa shape index (κ3) is 12.1. The maximum absolute atomic E-state index is 14.8. The minimum atomic E-state index is -1.46. The van der Waals surface area contributed by atoms with Gasteiger partial charge < -0.3 is 47.8 Å². The maximum Gasteiger partial charge on any atom is 0.425 e. The molecule has 6 rings (SSSR count). The Labute approximate surface area is 410 Å². The number of aliphatic hydroxyl groups excluding tert-OH is 1. The van der Waals surface area contributed by atoms with Gasteiger partial charge in [-0.1, -0.05) is 32.9 Å². The molecule has 5 heterocycles. The van der Waals surface area contributed by atoms with Crippen molar-refractivity contribution in [1.29, 1.82) is 0 Å². The number of hydrogen-bond acceptors (Lipinski definition) is 16. The number of carbonyl (C=O) groups is 3. The van der Waals surface area contributed by atoms with Crippen molar-refractivity contribution in [1.82, 2.24) is 29.9 Å². The number of cyclic esters (lactones) is 1. The van der Waals surface area contributed by atoms with Crippen LogP contribution in [0.2, 0.25) is 0 Å². The molecule has 1 aromatic carbocycles. The first-order valence-corrected chi connectivity index (χ1v) is 24.2. The summed E-state index contributed by atoms with van der Waals surface area (Å²) >= 11 is 0. The molecule has 2 aromatic heterocycles. The second kappa shape index (κ2) is 23.3. The number of halogens is 1. The number of hydrogen-bond donors (Lipinski definition) is 3. The number of aliphatic hydroxyl groups is 1. The largest absolute Gasteiger partial charge is 0.458 e. The Balaban J connectivity index is 1.38. The summed E-state index contributed by atoms with van der Waals surface area (Å²) in [4.78, 5) is 59.2. The number of carbonyl (C=O) groups excluding carboxylic acids is 3. The zero-order chi connectivity index (χ0) is 51.1. The van der Waals surface area contributed by atoms with Crippen molar-refractivity contribution >= 4 is 29.6 Å². The zero-order valence-corrected chi connectivity index (χ0v) is 42.5. The van der Waals surface area contributed by atoms with Crippen LogP contribution in [-0.4, -0.2) is 148 Å². The van der Waals surface area contributed by atoms with Crippen molar-refractivity contribution in [3.63, 3.8) is 0 Å². The smallest absolute Gasteiger partial charge is 0.425 e. The van der Waals surface area contributed by atoms with Crippen LogP contribution in [0.4, 0.5) is 19.7 Å². The van der Waals surface area contributed by atoms with Crippen LogP contribution in [0, 0.1) is 29.5 Å². The number of ether oxygens (including phenoxy) is 6. The molecule has 3 N–H and O–H groups in total. The Hall–Kier alpha value is -5.25. The number of amides is 2. The van der Waals surface area contributed by atoms with Crippen molar-refractivity contribution in [2.75, 3.05) is 40.2 Å². The van der Waals surface area contributed by atoms with E-state index in [1.165, 1.54) is 43.5 Å². The fraction of sp³-hybridized carbons (Fsp3) is 0.640. The molecule has 0 radical (unpaired) electrons. The van der Waals surface area contributed by atoms with Gasteiger partial charge in [-0.3, -0.25) is 15.1 Å². The molecular formula is C50H73FN8O11. The third-order valence-corrected chi connectivity index (χ3v) is 14.3. The second-order valence-electron chi connectivity index (χ2n) is 19.6. The molecule has 70 heavy (non-hydrogen) atoms. The van der Waals surface area contributed by atoms with Crippen LogP contribution >= 0.6 is 0 Å². The predicted octanol–water partition coefficient (Wildman–Crippen LogP) is 6.66. The Bertz CT molecular complexity index is 2240. The van der Waals surface area contributed by atoms with Gasteiger partial charge in [-0.15, -0.1) is 0 Å². The van der Waals surface area contributed by atoms with Crippen molar-refractivity contribution in [2.24, 2.45) is 28.8 Å². The lowest BCUT2D eigenvalue weighted by atomic mass is 9.73. The van der Waals surface area contributed by atoms with E-state index in [0.717, 1.165) is 11.3 Å². The van der Waals surface area contributed by atoms with Crippen molar-refractivity contribution in [3.05, 3.63) is 67.1 Å². The molecule has 0 saturated carbocycles. The number of hydrazine groups is 1. The lowest BCUT2D eigenvalue weighted by Gasteiger charge is -2.48. The number of pyridine rings is 1. The highest BCUT2D eigenvalue weighted by atomic mass is 19.1. The van der Waals surface area contributed by atoms with Crippen molar-refractivity contribution < 1.29 is 57.1 Å². The minimum Gasteiger partial charge on any atom is -0.458 e. The molecule has 386 valence electrons. The number of benzene rings is 1. The summed E-state index contributed by atoms with van der Waals surface area (Å²) in [5.74, 6) is -4.32. The monoisotopic (exact) mass is 981 g/mol. The van der Waals surface area contributed by atoms with Crippen LogP contribution in [0.25, 0.3) is 11.3 Å². The van der Waals surface area contributed by atoms with Gasteiger partial charge in [-0.05, 0) is 104 Å². The van der Waals surface area contributed by atoms with E-state index in [9.17, 15) is 23.9 Å². The number of imidazole rings is 1. The highest BCUT2D eigenvalue weighted by molar-refractivity contribution is 5.90. The van der Waals surface area contributed by atoms with Gasteiger partial charge in [0.2, 0.25) is 0 Å². The van der Waals surface area contributed by atoms with Crippen LogP contribution in [0.1, 0.15) is 81.1 Å². The normalized spacial score (nSPS) is 33.8. The Morgan fingerprint density at radius 3 is 2.44 bits per heavy atom. The lowest BCUT2D eigenvalue weighted by Crippen LogP contribution is -2.62. The molecule has 3 aromatic rings. The molecule has 0 bridgehead atoms. The molecule has 3 aliphatic heterocycles.